The number of rotatable bonds is 5. The van der Waals surface area contributed by atoms with Gasteiger partial charge in [-0.15, -0.1) is 21.5 Å². The quantitative estimate of drug-likeness (QED) is 0.856. The number of aryl methyl sites for hydroxylation is 1. The lowest BCUT2D eigenvalue weighted by atomic mass is 10.3. The predicted molar refractivity (Wildman–Crippen MR) is 77.7 cm³/mol. The highest BCUT2D eigenvalue weighted by molar-refractivity contribution is 8.01. The van der Waals surface area contributed by atoms with Gasteiger partial charge in [0, 0.05) is 11.9 Å². The van der Waals surface area contributed by atoms with E-state index in [0.717, 1.165) is 4.88 Å². The van der Waals surface area contributed by atoms with Crippen molar-refractivity contribution in [3.63, 3.8) is 0 Å². The number of carbonyl (C=O) groups is 2. The summed E-state index contributed by atoms with van der Waals surface area (Å²) in [4.78, 5) is 27.1. The largest absolute Gasteiger partial charge is 0.481 e. The summed E-state index contributed by atoms with van der Waals surface area (Å²) in [6.07, 6.45) is -0.0364. The summed E-state index contributed by atoms with van der Waals surface area (Å²) in [7, 11) is 1.52. The highest BCUT2D eigenvalue weighted by atomic mass is 32.2. The maximum atomic E-state index is 11.3. The Morgan fingerprint density at radius 2 is 2.14 bits per heavy atom. The topological polar surface area (TPSA) is 105 Å². The molecular weight excluding hydrogens is 312 g/mol. The van der Waals surface area contributed by atoms with E-state index in [2.05, 4.69) is 20.5 Å². The molecule has 2 rings (SSSR count). The lowest BCUT2D eigenvalue weighted by Gasteiger charge is -1.99. The van der Waals surface area contributed by atoms with Crippen molar-refractivity contribution >= 4 is 35.0 Å². The molecule has 0 fully saturated rings. The monoisotopic (exact) mass is 324 g/mol. The predicted octanol–water partition coefficient (Wildman–Crippen LogP) is 1.38. The van der Waals surface area contributed by atoms with Gasteiger partial charge in [0.2, 0.25) is 0 Å². The maximum Gasteiger partial charge on any atom is 0.308 e. The smallest absolute Gasteiger partial charge is 0.308 e. The van der Waals surface area contributed by atoms with Crippen LogP contribution in [-0.4, -0.2) is 39.2 Å². The fourth-order valence-electron chi connectivity index (χ4n) is 1.46. The maximum absolute atomic E-state index is 11.3. The van der Waals surface area contributed by atoms with Crippen LogP contribution in [0.25, 0.3) is 0 Å². The third kappa shape index (κ3) is 3.99. The van der Waals surface area contributed by atoms with Gasteiger partial charge in [-0.05, 0) is 30.8 Å². The number of carboxylic acid groups (broad SMARTS) is 1. The molecule has 0 aliphatic carbocycles. The Balaban J connectivity index is 2.11. The van der Waals surface area contributed by atoms with Gasteiger partial charge in [-0.1, -0.05) is 0 Å². The van der Waals surface area contributed by atoms with E-state index >= 15 is 0 Å². The third-order valence-corrected chi connectivity index (χ3v) is 4.62. The molecule has 2 heterocycles. The van der Waals surface area contributed by atoms with Crippen LogP contribution in [0.2, 0.25) is 0 Å². The molecule has 0 saturated heterocycles. The number of aromatic nitrogens is 3. The highest BCUT2D eigenvalue weighted by Crippen LogP contribution is 2.31. The van der Waals surface area contributed by atoms with E-state index in [1.807, 2.05) is 0 Å². The average Bonchev–Trinajstić information content (AvgIpc) is 2.78. The number of amides is 1. The molecule has 0 spiro atoms. The Kier molecular flexibility index (Phi) is 4.86. The van der Waals surface area contributed by atoms with Gasteiger partial charge in [-0.25, -0.2) is 4.98 Å². The summed E-state index contributed by atoms with van der Waals surface area (Å²) in [5.41, 5.74) is 0.948. The van der Waals surface area contributed by atoms with Gasteiger partial charge < -0.3 is 10.4 Å². The minimum Gasteiger partial charge on any atom is -0.481 e. The first kappa shape index (κ1) is 15.4. The first-order valence-corrected chi connectivity index (χ1v) is 7.54. The van der Waals surface area contributed by atoms with Crippen molar-refractivity contribution in [3.05, 3.63) is 28.4 Å². The van der Waals surface area contributed by atoms with Crippen molar-refractivity contribution in [3.8, 4) is 0 Å². The standard InChI is InChI=1S/C12H12N4O3S2/c1-6-8(5-10(17)18)20-12(14-6)21-9-4-3-7(15-16-9)11(19)13-2/h3-4H,5H2,1-2H3,(H,13,19)(H,17,18). The van der Waals surface area contributed by atoms with E-state index < -0.39 is 5.97 Å². The van der Waals surface area contributed by atoms with Crippen LogP contribution < -0.4 is 5.32 Å². The van der Waals surface area contributed by atoms with Crippen LogP contribution in [0, 0.1) is 6.92 Å². The Labute approximate surface area is 128 Å². The first-order valence-electron chi connectivity index (χ1n) is 5.91. The second kappa shape index (κ2) is 6.64. The second-order valence-corrected chi connectivity index (χ2v) is 6.35. The second-order valence-electron chi connectivity index (χ2n) is 4.00. The molecule has 9 heteroatoms. The summed E-state index contributed by atoms with van der Waals surface area (Å²) < 4.78 is 0.700. The third-order valence-electron chi connectivity index (χ3n) is 2.48. The number of carbonyl (C=O) groups excluding carboxylic acids is 1. The summed E-state index contributed by atoms with van der Waals surface area (Å²) in [6.45, 7) is 1.78. The number of hydrogen-bond acceptors (Lipinski definition) is 7. The molecule has 0 aliphatic heterocycles. The fraction of sp³-hybridized carbons (Fsp3) is 0.250. The summed E-state index contributed by atoms with van der Waals surface area (Å²) >= 11 is 2.61. The van der Waals surface area contributed by atoms with Gasteiger partial charge in [0.25, 0.3) is 5.91 Å². The lowest BCUT2D eigenvalue weighted by molar-refractivity contribution is -0.136. The van der Waals surface area contributed by atoms with Crippen molar-refractivity contribution in [2.45, 2.75) is 22.7 Å². The zero-order valence-corrected chi connectivity index (χ0v) is 12.9. The molecule has 2 aromatic heterocycles. The number of carboxylic acids is 1. The van der Waals surface area contributed by atoms with Gasteiger partial charge in [0.1, 0.15) is 5.03 Å². The van der Waals surface area contributed by atoms with Crippen LogP contribution in [0.3, 0.4) is 0 Å². The molecule has 0 aliphatic rings. The molecule has 2 aromatic rings. The zero-order valence-electron chi connectivity index (χ0n) is 11.3. The number of nitrogens with one attached hydrogen (secondary N) is 1. The Hall–Kier alpha value is -2.00. The van der Waals surface area contributed by atoms with Gasteiger partial charge in [0.05, 0.1) is 12.1 Å². The van der Waals surface area contributed by atoms with Crippen LogP contribution in [-0.2, 0) is 11.2 Å². The molecule has 0 atom stereocenters. The summed E-state index contributed by atoms with van der Waals surface area (Å²) in [5.74, 6) is -1.18. The van der Waals surface area contributed by atoms with Crippen LogP contribution in [0.15, 0.2) is 21.5 Å². The van der Waals surface area contributed by atoms with Gasteiger partial charge in [-0.2, -0.15) is 0 Å². The number of aliphatic carboxylic acids is 1. The molecule has 110 valence electrons. The zero-order chi connectivity index (χ0) is 15.4. The molecule has 1 amide bonds. The summed E-state index contributed by atoms with van der Waals surface area (Å²) in [5, 5.41) is 19.6. The molecule has 0 saturated carbocycles. The Morgan fingerprint density at radius 1 is 1.38 bits per heavy atom. The number of nitrogens with zero attached hydrogens (tertiary/aromatic N) is 3. The molecular formula is C12H12N4O3S2. The lowest BCUT2D eigenvalue weighted by Crippen LogP contribution is -2.19. The van der Waals surface area contributed by atoms with Crippen molar-refractivity contribution in [2.75, 3.05) is 7.05 Å². The molecule has 7 nitrogen and oxygen atoms in total. The van der Waals surface area contributed by atoms with Crippen molar-refractivity contribution in [2.24, 2.45) is 0 Å². The minimum atomic E-state index is -0.881. The molecule has 0 aromatic carbocycles. The average molecular weight is 324 g/mol. The number of thiazole rings is 1. The van der Waals surface area contributed by atoms with Gasteiger partial charge in [-0.3, -0.25) is 9.59 Å². The van der Waals surface area contributed by atoms with Gasteiger partial charge >= 0.3 is 5.97 Å². The van der Waals surface area contributed by atoms with Crippen molar-refractivity contribution < 1.29 is 14.7 Å². The van der Waals surface area contributed by atoms with Gasteiger partial charge in [0.15, 0.2) is 10.0 Å². The van der Waals surface area contributed by atoms with E-state index in [0.29, 0.717) is 15.1 Å². The van der Waals surface area contributed by atoms with Crippen LogP contribution in [0.5, 0.6) is 0 Å². The number of hydrogen-bond donors (Lipinski definition) is 2. The van der Waals surface area contributed by atoms with E-state index in [4.69, 9.17) is 5.11 Å². The van der Waals surface area contributed by atoms with Crippen LogP contribution >= 0.6 is 23.1 Å². The fourth-order valence-corrected chi connectivity index (χ4v) is 3.55. The first-order chi connectivity index (χ1) is 9.99. The molecule has 2 N–H and O–H groups in total. The highest BCUT2D eigenvalue weighted by Gasteiger charge is 2.13. The van der Waals surface area contributed by atoms with E-state index in [1.165, 1.54) is 30.1 Å². The molecule has 21 heavy (non-hydrogen) atoms. The van der Waals surface area contributed by atoms with E-state index in [-0.39, 0.29) is 18.0 Å². The van der Waals surface area contributed by atoms with Crippen LogP contribution in [0.1, 0.15) is 21.1 Å². The van der Waals surface area contributed by atoms with E-state index in [9.17, 15) is 9.59 Å². The Bertz CT molecular complexity index is 670. The van der Waals surface area contributed by atoms with Crippen LogP contribution in [0.4, 0.5) is 0 Å². The molecule has 0 radical (unpaired) electrons. The summed E-state index contributed by atoms with van der Waals surface area (Å²) in [6, 6.07) is 3.25. The SMILES string of the molecule is CNC(=O)c1ccc(Sc2nc(C)c(CC(=O)O)s2)nn1. The molecule has 0 bridgehead atoms. The normalized spacial score (nSPS) is 10.4. The van der Waals surface area contributed by atoms with Crippen molar-refractivity contribution in [1.82, 2.24) is 20.5 Å². The Morgan fingerprint density at radius 3 is 2.71 bits per heavy atom. The minimum absolute atomic E-state index is 0.0364. The van der Waals surface area contributed by atoms with E-state index in [1.54, 1.807) is 19.1 Å². The molecule has 0 unspecified atom stereocenters. The van der Waals surface area contributed by atoms with Crippen molar-refractivity contribution in [1.29, 1.82) is 0 Å².